The number of nitrogens with one attached hydrogen (secondary N) is 2. The Kier molecular flexibility index (Phi) is 13.9. The van der Waals surface area contributed by atoms with Crippen LogP contribution >= 0.6 is 0 Å². The number of aryl methyl sites for hydroxylation is 6. The van der Waals surface area contributed by atoms with Gasteiger partial charge in [0.15, 0.2) is 0 Å². The Bertz CT molecular complexity index is 3210. The summed E-state index contributed by atoms with van der Waals surface area (Å²) >= 11 is 0. The highest BCUT2D eigenvalue weighted by Gasteiger charge is 2.24. The molecular weight excluding hydrogens is 865 g/mol. The molecule has 4 aromatic carbocycles. The van der Waals surface area contributed by atoms with Gasteiger partial charge < -0.3 is 29.0 Å². The van der Waals surface area contributed by atoms with E-state index in [1.54, 1.807) is 13.8 Å². The number of fused-ring (bicyclic) bond motifs is 8. The lowest BCUT2D eigenvalue weighted by Gasteiger charge is -2.14. The number of carbonyl (C=O) groups excluding carboxylic acids is 2. The number of hydrogen-bond donors (Lipinski definition) is 2. The molecule has 0 radical (unpaired) electrons. The van der Waals surface area contributed by atoms with Crippen LogP contribution in [0.15, 0.2) is 97.1 Å². The molecule has 5 heterocycles. The molecule has 0 amide bonds. The number of rotatable bonds is 16. The van der Waals surface area contributed by atoms with Crippen molar-refractivity contribution in [3.63, 3.8) is 0 Å². The summed E-state index contributed by atoms with van der Waals surface area (Å²) in [5.41, 5.74) is 21.8. The summed E-state index contributed by atoms with van der Waals surface area (Å²) in [5.74, 6) is 1.88. The number of carbonyl (C=O) groups is 2. The van der Waals surface area contributed by atoms with Crippen molar-refractivity contribution >= 4 is 57.9 Å². The summed E-state index contributed by atoms with van der Waals surface area (Å²) in [7, 11) is 0. The first kappa shape index (κ1) is 47.5. The van der Waals surface area contributed by atoms with Crippen LogP contribution in [0.2, 0.25) is 0 Å². The highest BCUT2D eigenvalue weighted by molar-refractivity contribution is 6.02. The third kappa shape index (κ3) is 9.95. The van der Waals surface area contributed by atoms with Crippen LogP contribution in [0.1, 0.15) is 109 Å². The summed E-state index contributed by atoms with van der Waals surface area (Å²) < 4.78 is 13.2. The highest BCUT2D eigenvalue weighted by Crippen LogP contribution is 2.43. The van der Waals surface area contributed by atoms with Gasteiger partial charge in [0.05, 0.1) is 36.0 Å². The van der Waals surface area contributed by atoms with Gasteiger partial charge in [0, 0.05) is 68.3 Å². The molecule has 3 aromatic heterocycles. The van der Waals surface area contributed by atoms with E-state index in [4.69, 9.17) is 19.4 Å². The van der Waals surface area contributed by atoms with Crippen molar-refractivity contribution < 1.29 is 19.1 Å². The van der Waals surface area contributed by atoms with Gasteiger partial charge in [0.1, 0.15) is 23.1 Å². The monoisotopic (exact) mass is 926 g/mol. The van der Waals surface area contributed by atoms with Crippen LogP contribution in [0.5, 0.6) is 11.5 Å². The first-order valence-corrected chi connectivity index (χ1v) is 24.6. The number of Topliss-reactive ketones (excluding diaryl/α,β-unsaturated/α-hetero) is 2. The summed E-state index contributed by atoms with van der Waals surface area (Å²) in [6.45, 7) is 17.3. The predicted octanol–water partition coefficient (Wildman–Crippen LogP) is 15.5. The molecule has 2 aliphatic rings. The minimum atomic E-state index is 0.189. The zero-order valence-electron chi connectivity index (χ0n) is 41.7. The van der Waals surface area contributed by atoms with E-state index in [0.29, 0.717) is 26.1 Å². The fourth-order valence-corrected chi connectivity index (χ4v) is 10.4. The summed E-state index contributed by atoms with van der Waals surface area (Å²) in [6, 6.07) is 34.0. The molecule has 70 heavy (non-hydrogen) atoms. The number of aromatic nitrogens is 4. The first-order chi connectivity index (χ1) is 33.8. The van der Waals surface area contributed by atoms with E-state index in [1.165, 1.54) is 22.3 Å². The quantitative estimate of drug-likeness (QED) is 0.0934. The highest BCUT2D eigenvalue weighted by atomic mass is 16.5. The molecule has 8 nitrogen and oxygen atoms in total. The third-order valence-corrected chi connectivity index (χ3v) is 13.3. The first-order valence-electron chi connectivity index (χ1n) is 24.6. The third-order valence-electron chi connectivity index (χ3n) is 13.3. The van der Waals surface area contributed by atoms with Crippen LogP contribution in [0.3, 0.4) is 0 Å². The maximum Gasteiger partial charge on any atom is 0.129 e. The van der Waals surface area contributed by atoms with E-state index in [-0.39, 0.29) is 11.6 Å². The Hall–Kier alpha value is -7.58. The number of H-pyrrole nitrogens is 2. The lowest BCUT2D eigenvalue weighted by Crippen LogP contribution is -2.01. The van der Waals surface area contributed by atoms with E-state index < -0.39 is 0 Å². The number of nitrogens with zero attached hydrogens (tertiary/aromatic N) is 2. The maximum atomic E-state index is 11.8. The molecule has 2 aliphatic heterocycles. The number of ether oxygens (including phenoxy) is 2. The molecule has 0 saturated carbocycles. The number of hydrogen-bond acceptors (Lipinski definition) is 6. The van der Waals surface area contributed by atoms with Crippen molar-refractivity contribution in [1.82, 2.24) is 19.9 Å². The number of benzene rings is 4. The van der Waals surface area contributed by atoms with E-state index >= 15 is 0 Å². The van der Waals surface area contributed by atoms with Crippen molar-refractivity contribution in [2.45, 2.75) is 93.9 Å². The molecular formula is C62H62N4O4. The van der Waals surface area contributed by atoms with Gasteiger partial charge >= 0.3 is 0 Å². The Labute approximate surface area is 411 Å². The SMILES string of the molecule is CC(=O)CCCCOc1ccccc1-c1c2nc(c(-c3c(C)cc(C)cc3C)c3nc(c(-c4ccccc4OCCCCC(C)=O)c4ccc([nH]4)c(-c4c(C)cc(C)cc4C)c4ccc1[nH]4)C=C3)C=C2. The van der Waals surface area contributed by atoms with E-state index in [2.05, 4.69) is 136 Å². The van der Waals surface area contributed by atoms with Gasteiger partial charge in [0.25, 0.3) is 0 Å². The maximum absolute atomic E-state index is 11.8. The normalized spacial score (nSPS) is 11.9. The zero-order chi connectivity index (χ0) is 49.1. The van der Waals surface area contributed by atoms with Crippen molar-refractivity contribution in [2.24, 2.45) is 0 Å². The summed E-state index contributed by atoms with van der Waals surface area (Å²) in [5, 5.41) is 0. The Morgan fingerprint density at radius 2 is 0.771 bits per heavy atom. The van der Waals surface area contributed by atoms with Gasteiger partial charge in [-0.25, -0.2) is 9.97 Å². The van der Waals surface area contributed by atoms with Gasteiger partial charge in [-0.1, -0.05) is 71.8 Å². The zero-order valence-corrected chi connectivity index (χ0v) is 41.7. The fraction of sp³-hybridized carbons (Fsp3) is 0.258. The molecule has 8 bridgehead atoms. The van der Waals surface area contributed by atoms with Crippen LogP contribution in [0.25, 0.3) is 90.9 Å². The number of aromatic amines is 2. The minimum absolute atomic E-state index is 0.189. The van der Waals surface area contributed by atoms with Crippen molar-refractivity contribution in [1.29, 1.82) is 0 Å². The molecule has 0 aliphatic carbocycles. The number of unbranched alkanes of at least 4 members (excludes halogenated alkanes) is 2. The fourth-order valence-electron chi connectivity index (χ4n) is 10.4. The van der Waals surface area contributed by atoms with E-state index in [1.807, 2.05) is 36.4 Å². The van der Waals surface area contributed by atoms with Crippen LogP contribution in [-0.2, 0) is 9.59 Å². The smallest absolute Gasteiger partial charge is 0.129 e. The van der Waals surface area contributed by atoms with Gasteiger partial charge in [-0.3, -0.25) is 0 Å². The lowest BCUT2D eigenvalue weighted by atomic mass is 9.92. The van der Waals surface area contributed by atoms with Crippen molar-refractivity contribution in [3.05, 3.63) is 153 Å². The molecule has 2 N–H and O–H groups in total. The van der Waals surface area contributed by atoms with Crippen molar-refractivity contribution in [3.8, 4) is 56.0 Å². The molecule has 0 saturated heterocycles. The Morgan fingerprint density at radius 3 is 1.16 bits per heavy atom. The second-order valence-corrected chi connectivity index (χ2v) is 19.1. The average molecular weight is 927 g/mol. The molecule has 0 spiro atoms. The van der Waals surface area contributed by atoms with E-state index in [9.17, 15) is 9.59 Å². The van der Waals surface area contributed by atoms with Gasteiger partial charge in [0.2, 0.25) is 0 Å². The van der Waals surface area contributed by atoms with Crippen LogP contribution < -0.4 is 9.47 Å². The second-order valence-electron chi connectivity index (χ2n) is 19.1. The van der Waals surface area contributed by atoms with Crippen LogP contribution in [0.4, 0.5) is 0 Å². The van der Waals surface area contributed by atoms with E-state index in [0.717, 1.165) is 138 Å². The molecule has 0 unspecified atom stereocenters. The van der Waals surface area contributed by atoms with Crippen LogP contribution in [-0.4, -0.2) is 44.7 Å². The summed E-state index contributed by atoms with van der Waals surface area (Å²) in [4.78, 5) is 42.6. The Morgan fingerprint density at radius 1 is 0.429 bits per heavy atom. The van der Waals surface area contributed by atoms with Crippen molar-refractivity contribution in [2.75, 3.05) is 13.2 Å². The largest absolute Gasteiger partial charge is 0.493 e. The minimum Gasteiger partial charge on any atom is -0.493 e. The molecule has 354 valence electrons. The lowest BCUT2D eigenvalue weighted by molar-refractivity contribution is -0.118. The topological polar surface area (TPSA) is 110 Å². The van der Waals surface area contributed by atoms with Crippen LogP contribution in [0, 0.1) is 41.5 Å². The molecule has 8 heteroatoms. The Balaban J connectivity index is 1.39. The molecule has 9 rings (SSSR count). The number of para-hydroxylation sites is 2. The number of ketones is 2. The summed E-state index contributed by atoms with van der Waals surface area (Å²) in [6.07, 6.45) is 12.6. The molecule has 0 fully saturated rings. The molecule has 0 atom stereocenters. The van der Waals surface area contributed by atoms with Gasteiger partial charge in [-0.15, -0.1) is 0 Å². The van der Waals surface area contributed by atoms with Gasteiger partial charge in [-0.2, -0.15) is 0 Å². The van der Waals surface area contributed by atoms with Gasteiger partial charge in [-0.05, 0) is 175 Å². The second kappa shape index (κ2) is 20.6. The average Bonchev–Trinajstić information content (AvgIpc) is 4.17. The predicted molar refractivity (Wildman–Crippen MR) is 289 cm³/mol. The standard InChI is InChI=1S/C62H62N4O4/c1-37-33-39(3)57(40(4)34-37)61-51-27-23-47(63-51)59(45-19-9-11-21-55(45)69-31-15-13-17-43(7)67)49-25-29-53(65-49)62(58-41(5)35-38(2)36-42(58)6)54-30-26-50(66-54)60(48-24-28-52(61)64-48)46-20-10-12-22-56(46)70-32-16-14-18-44(8)68/h9-12,19-30,33-36,63-64H,13-18,31-32H2,1-8H3. The molecule has 7 aromatic rings.